The van der Waals surface area contributed by atoms with Crippen molar-refractivity contribution < 1.29 is 14.3 Å². The molecule has 1 atom stereocenters. The van der Waals surface area contributed by atoms with Gasteiger partial charge in [0.15, 0.2) is 0 Å². The summed E-state index contributed by atoms with van der Waals surface area (Å²) in [6.45, 7) is 2.73. The molecule has 1 fully saturated rings. The number of halogens is 1. The average molecular weight is 321 g/mol. The number of carbonyl (C=O) groups excluding carboxylic acids is 1. The number of esters is 1. The Morgan fingerprint density at radius 3 is 2.91 bits per heavy atom. The molecule has 1 unspecified atom stereocenters. The quantitative estimate of drug-likeness (QED) is 0.812. The zero-order valence-electron chi connectivity index (χ0n) is 12.3. The highest BCUT2D eigenvalue weighted by Crippen LogP contribution is 2.24. The molecule has 0 aliphatic carbocycles. The van der Waals surface area contributed by atoms with Gasteiger partial charge in [-0.1, -0.05) is 29.8 Å². The van der Waals surface area contributed by atoms with Gasteiger partial charge in [0.1, 0.15) is 17.3 Å². The minimum atomic E-state index is -0.458. The van der Waals surface area contributed by atoms with Crippen LogP contribution >= 0.6 is 11.6 Å². The van der Waals surface area contributed by atoms with Crippen LogP contribution in [0.4, 0.5) is 0 Å². The van der Waals surface area contributed by atoms with Gasteiger partial charge >= 0.3 is 5.97 Å². The van der Waals surface area contributed by atoms with Gasteiger partial charge in [0.05, 0.1) is 17.5 Å². The molecule has 116 valence electrons. The van der Waals surface area contributed by atoms with E-state index in [1.54, 1.807) is 11.6 Å². The molecule has 2 aromatic rings. The second-order valence-electron chi connectivity index (χ2n) is 5.23. The Morgan fingerprint density at radius 2 is 2.23 bits per heavy atom. The number of benzene rings is 1. The molecule has 3 rings (SSSR count). The molecule has 22 heavy (non-hydrogen) atoms. The summed E-state index contributed by atoms with van der Waals surface area (Å²) in [7, 11) is 0. The normalized spacial score (nSPS) is 17.6. The summed E-state index contributed by atoms with van der Waals surface area (Å²) in [4.78, 5) is 12.3. The van der Waals surface area contributed by atoms with Crippen LogP contribution in [0.2, 0.25) is 5.15 Å². The number of para-hydroxylation sites is 1. The molecule has 2 heterocycles. The third-order valence-corrected chi connectivity index (χ3v) is 3.98. The van der Waals surface area contributed by atoms with Gasteiger partial charge in [-0.2, -0.15) is 5.10 Å². The van der Waals surface area contributed by atoms with Crippen molar-refractivity contribution in [1.29, 1.82) is 0 Å². The number of rotatable bonds is 4. The van der Waals surface area contributed by atoms with Crippen LogP contribution in [0.5, 0.6) is 0 Å². The van der Waals surface area contributed by atoms with Gasteiger partial charge in [-0.3, -0.25) is 0 Å². The van der Waals surface area contributed by atoms with Crippen molar-refractivity contribution in [1.82, 2.24) is 9.78 Å². The van der Waals surface area contributed by atoms with E-state index in [1.165, 1.54) is 0 Å². The lowest BCUT2D eigenvalue weighted by Crippen LogP contribution is -2.18. The van der Waals surface area contributed by atoms with Gasteiger partial charge in [-0.25, -0.2) is 9.48 Å². The lowest BCUT2D eigenvalue weighted by molar-refractivity contribution is 0.0161. The monoisotopic (exact) mass is 320 g/mol. The first kappa shape index (κ1) is 15.1. The third kappa shape index (κ3) is 3.00. The van der Waals surface area contributed by atoms with Crippen molar-refractivity contribution in [3.8, 4) is 5.69 Å². The van der Waals surface area contributed by atoms with Gasteiger partial charge in [-0.15, -0.1) is 0 Å². The SMILES string of the molecule is Cc1nn(-c2ccccc2)c(Cl)c1C(=O)OCC1CCCO1. The minimum absolute atomic E-state index is 0.00722. The first-order chi connectivity index (χ1) is 10.7. The Morgan fingerprint density at radius 1 is 1.45 bits per heavy atom. The minimum Gasteiger partial charge on any atom is -0.459 e. The smallest absolute Gasteiger partial charge is 0.343 e. The highest BCUT2D eigenvalue weighted by Gasteiger charge is 2.24. The Balaban J connectivity index is 1.78. The van der Waals surface area contributed by atoms with E-state index in [4.69, 9.17) is 21.1 Å². The van der Waals surface area contributed by atoms with E-state index in [-0.39, 0.29) is 17.9 Å². The molecule has 0 bridgehead atoms. The molecule has 1 saturated heterocycles. The molecule has 0 radical (unpaired) electrons. The van der Waals surface area contributed by atoms with Gasteiger partial charge < -0.3 is 9.47 Å². The molecule has 1 aliphatic heterocycles. The maximum absolute atomic E-state index is 12.3. The predicted octanol–water partition coefficient (Wildman–Crippen LogP) is 3.17. The molecule has 0 saturated carbocycles. The number of carbonyl (C=O) groups is 1. The summed E-state index contributed by atoms with van der Waals surface area (Å²) >= 11 is 6.32. The van der Waals surface area contributed by atoms with Crippen LogP contribution < -0.4 is 0 Å². The molecule has 1 aliphatic rings. The number of hydrogen-bond donors (Lipinski definition) is 0. The fourth-order valence-electron chi connectivity index (χ4n) is 2.49. The zero-order valence-corrected chi connectivity index (χ0v) is 13.0. The maximum atomic E-state index is 12.3. The van der Waals surface area contributed by atoms with Gasteiger partial charge in [0.25, 0.3) is 0 Å². The number of aromatic nitrogens is 2. The number of hydrogen-bond acceptors (Lipinski definition) is 4. The van der Waals surface area contributed by atoms with E-state index < -0.39 is 5.97 Å². The Hall–Kier alpha value is -1.85. The summed E-state index contributed by atoms with van der Waals surface area (Å²) in [5.74, 6) is -0.458. The standard InChI is InChI=1S/C16H17ClN2O3/c1-11-14(16(20)22-10-13-8-5-9-21-13)15(17)19(18-11)12-6-3-2-4-7-12/h2-4,6-7,13H,5,8-10H2,1H3. The van der Waals surface area contributed by atoms with Crippen LogP contribution in [0.3, 0.4) is 0 Å². The molecular weight excluding hydrogens is 304 g/mol. The van der Waals surface area contributed by atoms with Crippen molar-refractivity contribution in [3.63, 3.8) is 0 Å². The lowest BCUT2D eigenvalue weighted by Gasteiger charge is -2.10. The van der Waals surface area contributed by atoms with E-state index in [1.807, 2.05) is 30.3 Å². The first-order valence-corrected chi connectivity index (χ1v) is 7.64. The molecule has 0 amide bonds. The van der Waals surface area contributed by atoms with E-state index >= 15 is 0 Å². The summed E-state index contributed by atoms with van der Waals surface area (Å²) in [6, 6.07) is 9.43. The number of ether oxygens (including phenoxy) is 2. The maximum Gasteiger partial charge on any atom is 0.343 e. The summed E-state index contributed by atoms with van der Waals surface area (Å²) < 4.78 is 12.3. The van der Waals surface area contributed by atoms with Crippen LogP contribution in [0.15, 0.2) is 30.3 Å². The molecule has 1 aromatic carbocycles. The van der Waals surface area contributed by atoms with E-state index in [0.717, 1.165) is 25.1 Å². The van der Waals surface area contributed by atoms with Gasteiger partial charge in [-0.05, 0) is 31.9 Å². The van der Waals surface area contributed by atoms with Crippen molar-refractivity contribution in [2.75, 3.05) is 13.2 Å². The van der Waals surface area contributed by atoms with Crippen LogP contribution in [0.1, 0.15) is 28.9 Å². The van der Waals surface area contributed by atoms with E-state index in [9.17, 15) is 4.79 Å². The molecule has 0 spiro atoms. The third-order valence-electron chi connectivity index (χ3n) is 3.63. The van der Waals surface area contributed by atoms with Gasteiger partial charge in [0.2, 0.25) is 0 Å². The Bertz CT molecular complexity index is 664. The summed E-state index contributed by atoms with van der Waals surface area (Å²) in [5.41, 5.74) is 1.66. The Kier molecular flexibility index (Phi) is 4.45. The summed E-state index contributed by atoms with van der Waals surface area (Å²) in [6.07, 6.45) is 1.92. The fraction of sp³-hybridized carbons (Fsp3) is 0.375. The van der Waals surface area contributed by atoms with Gasteiger partial charge in [0, 0.05) is 6.61 Å². The second-order valence-corrected chi connectivity index (χ2v) is 5.59. The number of nitrogens with zero attached hydrogens (tertiary/aromatic N) is 2. The van der Waals surface area contributed by atoms with Crippen molar-refractivity contribution in [2.24, 2.45) is 0 Å². The molecule has 5 nitrogen and oxygen atoms in total. The van der Waals surface area contributed by atoms with Crippen molar-refractivity contribution >= 4 is 17.6 Å². The molecular formula is C16H17ClN2O3. The van der Waals surface area contributed by atoms with Crippen LogP contribution in [0, 0.1) is 6.92 Å². The number of aryl methyl sites for hydroxylation is 1. The zero-order chi connectivity index (χ0) is 15.5. The molecule has 0 N–H and O–H groups in total. The topological polar surface area (TPSA) is 53.4 Å². The highest BCUT2D eigenvalue weighted by atomic mass is 35.5. The molecule has 6 heteroatoms. The lowest BCUT2D eigenvalue weighted by atomic mass is 10.2. The highest BCUT2D eigenvalue weighted by molar-refractivity contribution is 6.33. The predicted molar refractivity (Wildman–Crippen MR) is 82.6 cm³/mol. The average Bonchev–Trinajstić information content (AvgIpc) is 3.14. The van der Waals surface area contributed by atoms with Crippen LogP contribution in [0.25, 0.3) is 5.69 Å². The second kappa shape index (κ2) is 6.50. The Labute approximate surface area is 133 Å². The van der Waals surface area contributed by atoms with Crippen LogP contribution in [-0.2, 0) is 9.47 Å². The van der Waals surface area contributed by atoms with Crippen molar-refractivity contribution in [3.05, 3.63) is 46.7 Å². The molecule has 1 aromatic heterocycles. The summed E-state index contributed by atoms with van der Waals surface area (Å²) in [5, 5.41) is 4.60. The van der Waals surface area contributed by atoms with E-state index in [0.29, 0.717) is 11.3 Å². The largest absolute Gasteiger partial charge is 0.459 e. The fourth-order valence-corrected chi connectivity index (χ4v) is 2.84. The van der Waals surface area contributed by atoms with Crippen LogP contribution in [-0.4, -0.2) is 35.1 Å². The van der Waals surface area contributed by atoms with E-state index in [2.05, 4.69) is 5.10 Å². The first-order valence-electron chi connectivity index (χ1n) is 7.26. The van der Waals surface area contributed by atoms with Crippen molar-refractivity contribution in [2.45, 2.75) is 25.9 Å².